The van der Waals surface area contributed by atoms with E-state index in [1.54, 1.807) is 30.5 Å². The second-order valence-corrected chi connectivity index (χ2v) is 8.14. The van der Waals surface area contributed by atoms with Crippen LogP contribution in [0.15, 0.2) is 34.2 Å². The van der Waals surface area contributed by atoms with E-state index in [1.165, 1.54) is 33.3 Å². The van der Waals surface area contributed by atoms with E-state index in [1.807, 2.05) is 0 Å². The number of fused-ring (bicyclic) bond motifs is 3. The summed E-state index contributed by atoms with van der Waals surface area (Å²) in [4.78, 5) is 31.4. The van der Waals surface area contributed by atoms with Crippen molar-refractivity contribution < 1.29 is 9.18 Å². The Balaban J connectivity index is 1.54. The molecule has 0 aliphatic heterocycles. The number of hydrogen-bond donors (Lipinski definition) is 1. The van der Waals surface area contributed by atoms with Gasteiger partial charge in [-0.25, -0.2) is 9.37 Å². The summed E-state index contributed by atoms with van der Waals surface area (Å²) in [7, 11) is 1.67. The molecule has 0 saturated carbocycles. The Morgan fingerprint density at radius 3 is 3.00 bits per heavy atom. The molecule has 8 heteroatoms. The van der Waals surface area contributed by atoms with Gasteiger partial charge in [-0.15, -0.1) is 11.3 Å². The lowest BCUT2D eigenvalue weighted by molar-refractivity contribution is -0.113. The number of para-hydroxylation sites is 1. The minimum atomic E-state index is -0.481. The number of rotatable bonds is 4. The fourth-order valence-corrected chi connectivity index (χ4v) is 5.19. The predicted molar refractivity (Wildman–Crippen MR) is 103 cm³/mol. The number of thiophene rings is 1. The number of aromatic nitrogens is 2. The van der Waals surface area contributed by atoms with E-state index in [-0.39, 0.29) is 22.9 Å². The first kappa shape index (κ1) is 17.2. The van der Waals surface area contributed by atoms with Crippen LogP contribution in [0.4, 0.5) is 10.1 Å². The molecule has 0 radical (unpaired) electrons. The van der Waals surface area contributed by atoms with Crippen LogP contribution in [-0.2, 0) is 24.7 Å². The molecule has 0 saturated heterocycles. The third-order valence-corrected chi connectivity index (χ3v) is 6.60. The predicted octanol–water partition coefficient (Wildman–Crippen LogP) is 3.35. The average Bonchev–Trinajstić information content (AvgIpc) is 3.19. The van der Waals surface area contributed by atoms with Gasteiger partial charge < -0.3 is 5.32 Å². The van der Waals surface area contributed by atoms with Crippen LogP contribution in [0.2, 0.25) is 0 Å². The van der Waals surface area contributed by atoms with Crippen molar-refractivity contribution in [1.82, 2.24) is 9.55 Å². The van der Waals surface area contributed by atoms with E-state index in [0.717, 1.165) is 35.0 Å². The number of benzene rings is 1. The number of aryl methyl sites for hydroxylation is 2. The van der Waals surface area contributed by atoms with Crippen LogP contribution in [0.1, 0.15) is 16.9 Å². The molecule has 2 aromatic heterocycles. The molecule has 4 rings (SSSR count). The quantitative estimate of drug-likeness (QED) is 0.549. The normalized spacial score (nSPS) is 13.2. The summed E-state index contributed by atoms with van der Waals surface area (Å²) in [5.74, 6) is -0.778. The largest absolute Gasteiger partial charge is 0.323 e. The first-order valence-corrected chi connectivity index (χ1v) is 10.0. The van der Waals surface area contributed by atoms with Crippen molar-refractivity contribution in [2.24, 2.45) is 7.05 Å². The number of carbonyl (C=O) groups excluding carboxylic acids is 1. The Hall–Kier alpha value is -2.19. The molecule has 1 aliphatic rings. The van der Waals surface area contributed by atoms with Gasteiger partial charge >= 0.3 is 0 Å². The summed E-state index contributed by atoms with van der Waals surface area (Å²) >= 11 is 2.75. The fraction of sp³-hybridized carbons (Fsp3) is 0.278. The number of anilines is 1. The molecule has 5 nitrogen and oxygen atoms in total. The molecule has 0 spiro atoms. The molecule has 0 unspecified atom stereocenters. The zero-order valence-corrected chi connectivity index (χ0v) is 15.7. The lowest BCUT2D eigenvalue weighted by atomic mass is 10.2. The van der Waals surface area contributed by atoms with Crippen molar-refractivity contribution in [3.8, 4) is 0 Å². The smallest absolute Gasteiger partial charge is 0.262 e. The van der Waals surface area contributed by atoms with Gasteiger partial charge in [-0.05, 0) is 37.0 Å². The van der Waals surface area contributed by atoms with Crippen molar-refractivity contribution >= 4 is 44.9 Å². The van der Waals surface area contributed by atoms with Gasteiger partial charge in [-0.2, -0.15) is 0 Å². The summed E-state index contributed by atoms with van der Waals surface area (Å²) in [6, 6.07) is 6.01. The number of nitrogens with zero attached hydrogens (tertiary/aromatic N) is 2. The number of hydrogen-bond acceptors (Lipinski definition) is 5. The Kier molecular flexibility index (Phi) is 4.54. The maximum Gasteiger partial charge on any atom is 0.262 e. The average molecular weight is 389 g/mol. The van der Waals surface area contributed by atoms with Gasteiger partial charge in [0.25, 0.3) is 5.56 Å². The van der Waals surface area contributed by atoms with Gasteiger partial charge in [-0.3, -0.25) is 14.2 Å². The van der Waals surface area contributed by atoms with E-state index >= 15 is 0 Å². The number of carbonyl (C=O) groups is 1. The summed E-state index contributed by atoms with van der Waals surface area (Å²) < 4.78 is 15.1. The van der Waals surface area contributed by atoms with Crippen molar-refractivity contribution in [1.29, 1.82) is 0 Å². The highest BCUT2D eigenvalue weighted by Gasteiger charge is 2.22. The van der Waals surface area contributed by atoms with Gasteiger partial charge in [-0.1, -0.05) is 23.9 Å². The van der Waals surface area contributed by atoms with E-state index < -0.39 is 5.82 Å². The Morgan fingerprint density at radius 2 is 2.19 bits per heavy atom. The number of amides is 1. The van der Waals surface area contributed by atoms with E-state index in [2.05, 4.69) is 10.3 Å². The molecule has 0 fully saturated rings. The van der Waals surface area contributed by atoms with Crippen LogP contribution < -0.4 is 10.9 Å². The highest BCUT2D eigenvalue weighted by atomic mass is 32.2. The summed E-state index contributed by atoms with van der Waals surface area (Å²) in [6.07, 6.45) is 3.03. The standard InChI is InChI=1S/C18H16FN3O2S2/c1-22-17(24)15-10-5-4-8-13(10)26-16(15)21-18(22)25-9-14(23)20-12-7-3-2-6-11(12)19/h2-3,6-7H,4-5,8-9H2,1H3,(H,20,23). The summed E-state index contributed by atoms with van der Waals surface area (Å²) in [5.41, 5.74) is 1.23. The first-order chi connectivity index (χ1) is 12.5. The zero-order valence-electron chi connectivity index (χ0n) is 14.0. The first-order valence-electron chi connectivity index (χ1n) is 8.23. The Labute approximate surface area is 157 Å². The molecule has 26 heavy (non-hydrogen) atoms. The molecule has 0 bridgehead atoms. The highest BCUT2D eigenvalue weighted by molar-refractivity contribution is 7.99. The van der Waals surface area contributed by atoms with Crippen molar-refractivity contribution in [3.05, 3.63) is 50.9 Å². The molecule has 1 aliphatic carbocycles. The molecular formula is C18H16FN3O2S2. The molecule has 1 amide bonds. The van der Waals surface area contributed by atoms with E-state index in [9.17, 15) is 14.0 Å². The second-order valence-electron chi connectivity index (χ2n) is 6.11. The molecule has 1 aromatic carbocycles. The number of thioether (sulfide) groups is 1. The van der Waals surface area contributed by atoms with Gasteiger partial charge in [0.05, 0.1) is 16.8 Å². The summed E-state index contributed by atoms with van der Waals surface area (Å²) in [6.45, 7) is 0. The second kappa shape index (κ2) is 6.85. The third kappa shape index (κ3) is 3.03. The Bertz CT molecular complexity index is 1070. The van der Waals surface area contributed by atoms with Crippen LogP contribution in [0.3, 0.4) is 0 Å². The van der Waals surface area contributed by atoms with Crippen LogP contribution >= 0.6 is 23.1 Å². The molecular weight excluding hydrogens is 373 g/mol. The SMILES string of the molecule is Cn1c(SCC(=O)Nc2ccccc2F)nc2sc3c(c2c1=O)CCC3. The lowest BCUT2D eigenvalue weighted by Gasteiger charge is -2.08. The fourth-order valence-electron chi connectivity index (χ4n) is 3.11. The zero-order chi connectivity index (χ0) is 18.3. The minimum absolute atomic E-state index is 0.0468. The maximum atomic E-state index is 13.6. The van der Waals surface area contributed by atoms with Crippen LogP contribution in [-0.4, -0.2) is 21.2 Å². The van der Waals surface area contributed by atoms with Crippen molar-refractivity contribution in [2.75, 3.05) is 11.1 Å². The van der Waals surface area contributed by atoms with Crippen LogP contribution in [0.25, 0.3) is 10.2 Å². The Morgan fingerprint density at radius 1 is 1.38 bits per heavy atom. The molecule has 1 N–H and O–H groups in total. The van der Waals surface area contributed by atoms with Gasteiger partial charge in [0.2, 0.25) is 5.91 Å². The topological polar surface area (TPSA) is 64.0 Å². The third-order valence-electron chi connectivity index (χ3n) is 4.39. The summed E-state index contributed by atoms with van der Waals surface area (Å²) in [5, 5.41) is 3.75. The number of halogens is 1. The molecule has 0 atom stereocenters. The monoisotopic (exact) mass is 389 g/mol. The molecule has 134 valence electrons. The lowest BCUT2D eigenvalue weighted by Crippen LogP contribution is -2.21. The van der Waals surface area contributed by atoms with E-state index in [0.29, 0.717) is 5.16 Å². The molecule has 3 aromatic rings. The van der Waals surface area contributed by atoms with Gasteiger partial charge in [0.15, 0.2) is 5.16 Å². The van der Waals surface area contributed by atoms with Gasteiger partial charge in [0.1, 0.15) is 10.6 Å². The van der Waals surface area contributed by atoms with E-state index in [4.69, 9.17) is 0 Å². The van der Waals surface area contributed by atoms with Crippen LogP contribution in [0, 0.1) is 5.82 Å². The highest BCUT2D eigenvalue weighted by Crippen LogP contribution is 2.35. The molecule has 2 heterocycles. The van der Waals surface area contributed by atoms with Gasteiger partial charge in [0, 0.05) is 11.9 Å². The minimum Gasteiger partial charge on any atom is -0.323 e. The van der Waals surface area contributed by atoms with Crippen molar-refractivity contribution in [3.63, 3.8) is 0 Å². The van der Waals surface area contributed by atoms with Crippen LogP contribution in [0.5, 0.6) is 0 Å². The number of nitrogens with one attached hydrogen (secondary N) is 1. The van der Waals surface area contributed by atoms with Crippen molar-refractivity contribution in [2.45, 2.75) is 24.4 Å². The maximum absolute atomic E-state index is 13.6.